The summed E-state index contributed by atoms with van der Waals surface area (Å²) in [5.41, 5.74) is 2.29. The quantitative estimate of drug-likeness (QED) is 0.773. The van der Waals surface area contributed by atoms with Gasteiger partial charge in [0.2, 0.25) is 11.8 Å². The summed E-state index contributed by atoms with van der Waals surface area (Å²) in [6.45, 7) is 1.97. The lowest BCUT2D eigenvalue weighted by Crippen LogP contribution is -2.40. The largest absolute Gasteiger partial charge is 0.357 e. The number of amides is 2. The van der Waals surface area contributed by atoms with Crippen LogP contribution in [0.5, 0.6) is 0 Å². The number of hydrogen-bond acceptors (Lipinski definition) is 5. The Morgan fingerprint density at radius 3 is 2.50 bits per heavy atom. The van der Waals surface area contributed by atoms with Crippen molar-refractivity contribution in [2.75, 3.05) is 23.3 Å². The number of rotatable bonds is 6. The molecule has 2 aromatic rings. The van der Waals surface area contributed by atoms with Crippen LogP contribution in [0.2, 0.25) is 0 Å². The van der Waals surface area contributed by atoms with Gasteiger partial charge in [0, 0.05) is 43.4 Å². The average Bonchev–Trinajstić information content (AvgIpc) is 3.64. The normalized spacial score (nSPS) is 16.6. The molecule has 0 radical (unpaired) electrons. The van der Waals surface area contributed by atoms with Crippen LogP contribution in [-0.2, 0) is 16.1 Å². The van der Waals surface area contributed by atoms with Gasteiger partial charge in [-0.3, -0.25) is 9.59 Å². The Balaban J connectivity index is 1.25. The molecule has 1 aromatic carbocycles. The minimum Gasteiger partial charge on any atom is -0.357 e. The highest BCUT2D eigenvalue weighted by atomic mass is 16.2. The summed E-state index contributed by atoms with van der Waals surface area (Å²) >= 11 is 0. The summed E-state index contributed by atoms with van der Waals surface area (Å²) < 4.78 is 0. The van der Waals surface area contributed by atoms with Gasteiger partial charge in [-0.15, -0.1) is 0 Å². The second-order valence-electron chi connectivity index (χ2n) is 7.96. The van der Waals surface area contributed by atoms with E-state index >= 15 is 0 Å². The Labute approximate surface area is 176 Å². The van der Waals surface area contributed by atoms with Gasteiger partial charge < -0.3 is 15.5 Å². The van der Waals surface area contributed by atoms with E-state index in [4.69, 9.17) is 5.26 Å². The summed E-state index contributed by atoms with van der Waals surface area (Å²) in [4.78, 5) is 31.0. The van der Waals surface area contributed by atoms with E-state index in [1.54, 1.807) is 12.3 Å². The van der Waals surface area contributed by atoms with Crippen molar-refractivity contribution in [2.24, 2.45) is 11.8 Å². The standard InChI is InChI=1S/C23H25N5O2/c24-13-17-4-7-21(25-15-17)28-10-8-19(9-11-28)22(29)26-14-16-2-1-3-20(12-16)27-23(30)18-5-6-18/h1-4,7,12,15,18-19H,5-6,8-11,14H2,(H,26,29)(H,27,30). The number of hydrogen-bond donors (Lipinski definition) is 2. The fourth-order valence-corrected chi connectivity index (χ4v) is 3.69. The minimum absolute atomic E-state index is 0.0163. The molecule has 154 valence electrons. The van der Waals surface area contributed by atoms with Crippen molar-refractivity contribution in [3.63, 3.8) is 0 Å². The summed E-state index contributed by atoms with van der Waals surface area (Å²) in [6.07, 6.45) is 5.06. The minimum atomic E-state index is -0.0163. The Morgan fingerprint density at radius 2 is 1.83 bits per heavy atom. The lowest BCUT2D eigenvalue weighted by Gasteiger charge is -2.32. The van der Waals surface area contributed by atoms with Gasteiger partial charge in [0.05, 0.1) is 5.56 Å². The van der Waals surface area contributed by atoms with Crippen molar-refractivity contribution in [1.29, 1.82) is 5.26 Å². The molecule has 7 heteroatoms. The molecular formula is C23H25N5O2. The molecule has 0 bridgehead atoms. The van der Waals surface area contributed by atoms with E-state index in [9.17, 15) is 9.59 Å². The molecule has 1 aliphatic carbocycles. The van der Waals surface area contributed by atoms with Gasteiger partial charge >= 0.3 is 0 Å². The molecule has 4 rings (SSSR count). The van der Waals surface area contributed by atoms with Crippen LogP contribution in [0.1, 0.15) is 36.8 Å². The van der Waals surface area contributed by atoms with Crippen LogP contribution in [0.3, 0.4) is 0 Å². The van der Waals surface area contributed by atoms with Crippen LogP contribution < -0.4 is 15.5 Å². The van der Waals surface area contributed by atoms with E-state index in [2.05, 4.69) is 26.6 Å². The van der Waals surface area contributed by atoms with Crippen molar-refractivity contribution in [1.82, 2.24) is 10.3 Å². The second kappa shape index (κ2) is 8.95. The Kier molecular flexibility index (Phi) is 5.94. The van der Waals surface area contributed by atoms with Crippen molar-refractivity contribution in [3.8, 4) is 6.07 Å². The summed E-state index contributed by atoms with van der Waals surface area (Å²) in [5.74, 6) is 1.14. The van der Waals surface area contributed by atoms with Gasteiger partial charge in [0.25, 0.3) is 0 Å². The maximum absolute atomic E-state index is 12.6. The van der Waals surface area contributed by atoms with Gasteiger partial charge in [-0.25, -0.2) is 4.98 Å². The maximum Gasteiger partial charge on any atom is 0.227 e. The van der Waals surface area contributed by atoms with E-state index in [0.717, 1.165) is 55.8 Å². The predicted molar refractivity (Wildman–Crippen MR) is 114 cm³/mol. The third kappa shape index (κ3) is 4.95. The molecule has 1 aromatic heterocycles. The number of nitrogens with zero attached hydrogens (tertiary/aromatic N) is 3. The van der Waals surface area contributed by atoms with Crippen LogP contribution >= 0.6 is 0 Å². The third-order valence-corrected chi connectivity index (χ3v) is 5.68. The molecule has 0 atom stereocenters. The molecule has 2 N–H and O–H groups in total. The summed E-state index contributed by atoms with van der Waals surface area (Å²) in [7, 11) is 0. The lowest BCUT2D eigenvalue weighted by molar-refractivity contribution is -0.125. The van der Waals surface area contributed by atoms with Gasteiger partial charge in [-0.2, -0.15) is 5.26 Å². The number of carbonyl (C=O) groups is 2. The average molecular weight is 403 g/mol. The smallest absolute Gasteiger partial charge is 0.227 e. The first-order valence-corrected chi connectivity index (χ1v) is 10.4. The number of anilines is 2. The van der Waals surface area contributed by atoms with Crippen LogP contribution in [0.25, 0.3) is 0 Å². The highest BCUT2D eigenvalue weighted by molar-refractivity contribution is 5.94. The zero-order valence-electron chi connectivity index (χ0n) is 16.8. The van der Waals surface area contributed by atoms with Crippen molar-refractivity contribution >= 4 is 23.3 Å². The number of aromatic nitrogens is 1. The van der Waals surface area contributed by atoms with E-state index in [-0.39, 0.29) is 23.7 Å². The molecule has 2 fully saturated rings. The molecule has 30 heavy (non-hydrogen) atoms. The molecule has 2 heterocycles. The van der Waals surface area contributed by atoms with E-state index in [0.29, 0.717) is 12.1 Å². The first-order valence-electron chi connectivity index (χ1n) is 10.4. The number of nitriles is 1. The maximum atomic E-state index is 12.6. The van der Waals surface area contributed by atoms with Gasteiger partial charge in [-0.1, -0.05) is 12.1 Å². The second-order valence-corrected chi connectivity index (χ2v) is 7.96. The van der Waals surface area contributed by atoms with E-state index in [1.807, 2.05) is 30.3 Å². The fraction of sp³-hybridized carbons (Fsp3) is 0.391. The Hall–Kier alpha value is -3.40. The number of piperidine rings is 1. The molecule has 1 saturated carbocycles. The number of carbonyl (C=O) groups excluding carboxylic acids is 2. The number of pyridine rings is 1. The van der Waals surface area contributed by atoms with Gasteiger partial charge in [-0.05, 0) is 55.5 Å². The van der Waals surface area contributed by atoms with Gasteiger partial charge in [0.1, 0.15) is 11.9 Å². The van der Waals surface area contributed by atoms with E-state index in [1.165, 1.54) is 0 Å². The number of benzene rings is 1. The molecule has 0 spiro atoms. The van der Waals surface area contributed by atoms with Crippen molar-refractivity contribution < 1.29 is 9.59 Å². The SMILES string of the molecule is N#Cc1ccc(N2CCC(C(=O)NCc3cccc(NC(=O)C4CC4)c3)CC2)nc1. The molecule has 7 nitrogen and oxygen atoms in total. The highest BCUT2D eigenvalue weighted by Gasteiger charge is 2.29. The van der Waals surface area contributed by atoms with Gasteiger partial charge in [0.15, 0.2) is 0 Å². The Morgan fingerprint density at radius 1 is 1.07 bits per heavy atom. The zero-order chi connectivity index (χ0) is 20.9. The van der Waals surface area contributed by atoms with Crippen LogP contribution in [0.15, 0.2) is 42.6 Å². The molecular weight excluding hydrogens is 378 g/mol. The van der Waals surface area contributed by atoms with Crippen molar-refractivity contribution in [2.45, 2.75) is 32.2 Å². The zero-order valence-corrected chi connectivity index (χ0v) is 16.8. The number of nitrogens with one attached hydrogen (secondary N) is 2. The first-order chi connectivity index (χ1) is 14.6. The molecule has 2 aliphatic rings. The molecule has 0 unspecified atom stereocenters. The molecule has 2 amide bonds. The van der Waals surface area contributed by atoms with Crippen LogP contribution in [0.4, 0.5) is 11.5 Å². The highest BCUT2D eigenvalue weighted by Crippen LogP contribution is 2.30. The topological polar surface area (TPSA) is 98.1 Å². The van der Waals surface area contributed by atoms with Crippen LogP contribution in [-0.4, -0.2) is 29.9 Å². The van der Waals surface area contributed by atoms with Crippen molar-refractivity contribution in [3.05, 3.63) is 53.7 Å². The lowest BCUT2D eigenvalue weighted by atomic mass is 9.95. The fourth-order valence-electron chi connectivity index (χ4n) is 3.69. The first kappa shape index (κ1) is 19.9. The summed E-state index contributed by atoms with van der Waals surface area (Å²) in [5, 5.41) is 14.9. The van der Waals surface area contributed by atoms with E-state index < -0.39 is 0 Å². The third-order valence-electron chi connectivity index (χ3n) is 5.68. The summed E-state index contributed by atoms with van der Waals surface area (Å²) in [6, 6.07) is 13.3. The monoisotopic (exact) mass is 403 g/mol. The molecule has 1 saturated heterocycles. The predicted octanol–water partition coefficient (Wildman–Crippen LogP) is 2.83. The van der Waals surface area contributed by atoms with Crippen LogP contribution in [0, 0.1) is 23.2 Å². The molecule has 1 aliphatic heterocycles. The Bertz CT molecular complexity index is 954.